The second kappa shape index (κ2) is 5.29. The average molecular weight is 305 g/mol. The Balaban J connectivity index is 2.36. The number of halogens is 2. The molecule has 1 atom stereocenters. The summed E-state index contributed by atoms with van der Waals surface area (Å²) in [4.78, 5) is 0. The van der Waals surface area contributed by atoms with E-state index < -0.39 is 28.0 Å². The van der Waals surface area contributed by atoms with E-state index >= 15 is 0 Å². The monoisotopic (exact) mass is 305 g/mol. The van der Waals surface area contributed by atoms with Crippen LogP contribution in [-0.4, -0.2) is 32.1 Å². The first-order valence-electron chi connectivity index (χ1n) is 6.20. The molecule has 0 radical (unpaired) electrons. The lowest BCUT2D eigenvalue weighted by Crippen LogP contribution is -2.54. The number of hydrogen-bond acceptors (Lipinski definition) is 4. The lowest BCUT2D eigenvalue weighted by Gasteiger charge is -2.37. The van der Waals surface area contributed by atoms with Gasteiger partial charge in [0.2, 0.25) is 0 Å². The maximum atomic E-state index is 12.4. The highest BCUT2D eigenvalue weighted by molar-refractivity contribution is 7.91. The van der Waals surface area contributed by atoms with Crippen molar-refractivity contribution in [1.29, 1.82) is 0 Å². The van der Waals surface area contributed by atoms with E-state index in [1.165, 1.54) is 6.07 Å². The summed E-state index contributed by atoms with van der Waals surface area (Å²) >= 11 is 0. The Morgan fingerprint density at radius 2 is 2.00 bits per heavy atom. The van der Waals surface area contributed by atoms with Gasteiger partial charge in [-0.25, -0.2) is 8.42 Å². The van der Waals surface area contributed by atoms with Crippen molar-refractivity contribution in [2.75, 3.05) is 11.5 Å². The van der Waals surface area contributed by atoms with Gasteiger partial charge in [-0.05, 0) is 19.9 Å². The molecular weight excluding hydrogens is 288 g/mol. The van der Waals surface area contributed by atoms with Crippen LogP contribution in [0.1, 0.15) is 25.5 Å². The standard InChI is InChI=1S/C13H17F2NO3S/c1-13(2)8-20(17,18)7-10(16-13)9-5-3-4-6-11(9)19-12(14)15/h3-6,10,12,16H,7-8H2,1-2H3. The zero-order valence-electron chi connectivity index (χ0n) is 11.3. The normalized spacial score (nSPS) is 24.6. The van der Waals surface area contributed by atoms with Crippen molar-refractivity contribution in [3.05, 3.63) is 29.8 Å². The molecule has 4 nitrogen and oxygen atoms in total. The molecule has 0 aromatic heterocycles. The van der Waals surface area contributed by atoms with Crippen LogP contribution in [0.2, 0.25) is 0 Å². The second-order valence-electron chi connectivity index (χ2n) is 5.55. The molecule has 0 amide bonds. The molecule has 2 rings (SSSR count). The highest BCUT2D eigenvalue weighted by Crippen LogP contribution is 2.32. The summed E-state index contributed by atoms with van der Waals surface area (Å²) in [6, 6.07) is 5.70. The van der Waals surface area contributed by atoms with E-state index in [2.05, 4.69) is 10.1 Å². The molecule has 1 aromatic carbocycles. The Bertz CT molecular complexity index is 587. The molecule has 1 aliphatic rings. The summed E-state index contributed by atoms with van der Waals surface area (Å²) in [5.41, 5.74) is -0.177. The van der Waals surface area contributed by atoms with Crippen molar-refractivity contribution in [1.82, 2.24) is 5.32 Å². The Morgan fingerprint density at radius 3 is 2.60 bits per heavy atom. The zero-order valence-corrected chi connectivity index (χ0v) is 12.1. The van der Waals surface area contributed by atoms with Gasteiger partial charge in [-0.1, -0.05) is 18.2 Å². The van der Waals surface area contributed by atoms with E-state index in [1.807, 2.05) is 0 Å². The van der Waals surface area contributed by atoms with E-state index in [1.54, 1.807) is 32.0 Å². The number of benzene rings is 1. The largest absolute Gasteiger partial charge is 0.434 e. The molecule has 112 valence electrons. The van der Waals surface area contributed by atoms with E-state index in [-0.39, 0.29) is 17.3 Å². The molecule has 1 unspecified atom stereocenters. The molecule has 0 saturated carbocycles. The summed E-state index contributed by atoms with van der Waals surface area (Å²) in [5.74, 6) is -0.0955. The van der Waals surface area contributed by atoms with Crippen molar-refractivity contribution < 1.29 is 21.9 Å². The highest BCUT2D eigenvalue weighted by atomic mass is 32.2. The minimum absolute atomic E-state index is 0.00731. The van der Waals surface area contributed by atoms with Gasteiger partial charge in [-0.2, -0.15) is 8.78 Å². The maximum absolute atomic E-state index is 12.4. The zero-order chi connectivity index (χ0) is 15.0. The fraction of sp³-hybridized carbons (Fsp3) is 0.538. The van der Waals surface area contributed by atoms with Gasteiger partial charge in [0.15, 0.2) is 9.84 Å². The summed E-state index contributed by atoms with van der Waals surface area (Å²) < 4.78 is 53.2. The molecule has 1 saturated heterocycles. The lowest BCUT2D eigenvalue weighted by atomic mass is 10.0. The quantitative estimate of drug-likeness (QED) is 0.929. The predicted molar refractivity (Wildman–Crippen MR) is 71.7 cm³/mol. The second-order valence-corrected chi connectivity index (χ2v) is 7.66. The van der Waals surface area contributed by atoms with Crippen molar-refractivity contribution in [2.45, 2.75) is 32.0 Å². The van der Waals surface area contributed by atoms with E-state index in [0.29, 0.717) is 5.56 Å². The van der Waals surface area contributed by atoms with Gasteiger partial charge in [0.1, 0.15) is 5.75 Å². The first-order valence-corrected chi connectivity index (χ1v) is 8.02. The molecule has 1 N–H and O–H groups in total. The number of para-hydroxylation sites is 1. The number of nitrogens with one attached hydrogen (secondary N) is 1. The molecule has 1 fully saturated rings. The van der Waals surface area contributed by atoms with E-state index in [0.717, 1.165) is 0 Å². The van der Waals surface area contributed by atoms with Crippen LogP contribution in [0.15, 0.2) is 24.3 Å². The smallest absolute Gasteiger partial charge is 0.387 e. The fourth-order valence-corrected chi connectivity index (χ4v) is 4.63. The number of alkyl halides is 2. The van der Waals surface area contributed by atoms with Crippen molar-refractivity contribution >= 4 is 9.84 Å². The molecular formula is C13H17F2NO3S. The molecule has 1 heterocycles. The number of ether oxygens (including phenoxy) is 1. The third-order valence-corrected chi connectivity index (χ3v) is 5.08. The summed E-state index contributed by atoms with van der Waals surface area (Å²) in [7, 11) is -3.24. The Morgan fingerprint density at radius 1 is 1.35 bits per heavy atom. The number of sulfone groups is 1. The van der Waals surface area contributed by atoms with Gasteiger partial charge in [-0.15, -0.1) is 0 Å². The van der Waals surface area contributed by atoms with Crippen LogP contribution in [0.4, 0.5) is 8.78 Å². The highest BCUT2D eigenvalue weighted by Gasteiger charge is 2.37. The Labute approximate surface area is 117 Å². The van der Waals surface area contributed by atoms with Gasteiger partial charge >= 0.3 is 6.61 Å². The predicted octanol–water partition coefficient (Wildman–Crippen LogP) is 2.13. The number of hydrogen-bond donors (Lipinski definition) is 1. The number of rotatable bonds is 3. The van der Waals surface area contributed by atoms with Gasteiger partial charge in [0.05, 0.1) is 17.5 Å². The molecule has 0 aliphatic carbocycles. The molecule has 1 aliphatic heterocycles. The third kappa shape index (κ3) is 3.67. The van der Waals surface area contributed by atoms with Crippen molar-refractivity contribution in [3.63, 3.8) is 0 Å². The van der Waals surface area contributed by atoms with Crippen LogP contribution in [0.25, 0.3) is 0 Å². The van der Waals surface area contributed by atoms with Crippen molar-refractivity contribution in [3.8, 4) is 5.75 Å². The summed E-state index contributed by atoms with van der Waals surface area (Å²) in [6.45, 7) is 0.602. The van der Waals surface area contributed by atoms with Gasteiger partial charge in [0.25, 0.3) is 0 Å². The minimum atomic E-state index is -3.24. The van der Waals surface area contributed by atoms with Gasteiger partial charge in [-0.3, -0.25) is 0 Å². The summed E-state index contributed by atoms with van der Waals surface area (Å²) in [6.07, 6.45) is 0. The first-order chi connectivity index (χ1) is 9.19. The van der Waals surface area contributed by atoms with E-state index in [4.69, 9.17) is 0 Å². The topological polar surface area (TPSA) is 55.4 Å². The molecule has 20 heavy (non-hydrogen) atoms. The summed E-state index contributed by atoms with van der Waals surface area (Å²) in [5, 5.41) is 3.17. The van der Waals surface area contributed by atoms with Crippen LogP contribution in [0.3, 0.4) is 0 Å². The van der Waals surface area contributed by atoms with Crippen molar-refractivity contribution in [2.24, 2.45) is 0 Å². The van der Waals surface area contributed by atoms with Crippen LogP contribution in [0, 0.1) is 0 Å². The molecule has 0 spiro atoms. The first kappa shape index (κ1) is 15.2. The van der Waals surface area contributed by atoms with E-state index in [9.17, 15) is 17.2 Å². The maximum Gasteiger partial charge on any atom is 0.387 e. The minimum Gasteiger partial charge on any atom is -0.434 e. The third-order valence-electron chi connectivity index (χ3n) is 3.08. The fourth-order valence-electron chi connectivity index (χ4n) is 2.56. The van der Waals surface area contributed by atoms with Crippen LogP contribution < -0.4 is 10.1 Å². The SMILES string of the molecule is CC1(C)CS(=O)(=O)CC(c2ccccc2OC(F)F)N1. The Kier molecular flexibility index (Phi) is 4.02. The van der Waals surface area contributed by atoms with Gasteiger partial charge in [0, 0.05) is 11.1 Å². The van der Waals surface area contributed by atoms with Crippen LogP contribution >= 0.6 is 0 Å². The van der Waals surface area contributed by atoms with Crippen LogP contribution in [-0.2, 0) is 9.84 Å². The van der Waals surface area contributed by atoms with Gasteiger partial charge < -0.3 is 10.1 Å². The lowest BCUT2D eigenvalue weighted by molar-refractivity contribution is -0.0507. The molecule has 0 bridgehead atoms. The molecule has 7 heteroatoms. The molecule has 1 aromatic rings. The average Bonchev–Trinajstić information content (AvgIpc) is 2.24. The van der Waals surface area contributed by atoms with Crippen LogP contribution in [0.5, 0.6) is 5.75 Å². The Hall–Kier alpha value is -1.21.